The monoisotopic (exact) mass is 398 g/mol. The van der Waals surface area contributed by atoms with Crippen molar-refractivity contribution in [2.24, 2.45) is 4.99 Å². The van der Waals surface area contributed by atoms with Gasteiger partial charge in [-0.1, -0.05) is 0 Å². The molecule has 2 aromatic carbocycles. The van der Waals surface area contributed by atoms with Crippen LogP contribution < -0.4 is 9.54 Å². The first-order valence-electron chi connectivity index (χ1n) is 8.49. The van der Waals surface area contributed by atoms with Gasteiger partial charge in [0.2, 0.25) is 0 Å². The summed E-state index contributed by atoms with van der Waals surface area (Å²) < 4.78 is 39.9. The van der Waals surface area contributed by atoms with E-state index in [-0.39, 0.29) is 5.69 Å². The highest BCUT2D eigenvalue weighted by Crippen LogP contribution is 2.25. The van der Waals surface area contributed by atoms with E-state index in [1.54, 1.807) is 13.4 Å². The first-order chi connectivity index (χ1) is 13.6. The molecular formula is C21H16F2N2O2S. The average Bonchev–Trinajstić information content (AvgIpc) is 3.35. The lowest BCUT2D eigenvalue weighted by molar-refractivity contribution is 0.415. The van der Waals surface area contributed by atoms with Gasteiger partial charge in [-0.15, -0.1) is 11.3 Å². The highest BCUT2D eigenvalue weighted by Gasteiger charge is 2.11. The maximum Gasteiger partial charge on any atom is 0.190 e. The van der Waals surface area contributed by atoms with Crippen LogP contribution in [0.25, 0.3) is 11.3 Å². The van der Waals surface area contributed by atoms with Gasteiger partial charge >= 0.3 is 0 Å². The van der Waals surface area contributed by atoms with E-state index in [4.69, 9.17) is 9.15 Å². The summed E-state index contributed by atoms with van der Waals surface area (Å²) in [4.78, 5) is 4.99. The molecule has 4 rings (SSSR count). The normalized spacial score (nSPS) is 11.8. The standard InChI is InChI=1S/C21H16F2N2O2S/c1-26-16-7-4-14(5-8-16)20-13-28-21(25(20)12-17-3-2-10-27-17)24-19-9-6-15(22)11-18(19)23/h2-11,13H,12H2,1H3. The fourth-order valence-electron chi connectivity index (χ4n) is 2.80. The van der Waals surface area contributed by atoms with E-state index < -0.39 is 11.6 Å². The van der Waals surface area contributed by atoms with Gasteiger partial charge in [-0.05, 0) is 54.1 Å². The van der Waals surface area contributed by atoms with Crippen molar-refractivity contribution in [3.63, 3.8) is 0 Å². The molecule has 0 amide bonds. The Kier molecular flexibility index (Phi) is 5.08. The molecule has 7 heteroatoms. The van der Waals surface area contributed by atoms with Crippen molar-refractivity contribution < 1.29 is 17.9 Å². The lowest BCUT2D eigenvalue weighted by atomic mass is 10.1. The van der Waals surface area contributed by atoms with Gasteiger partial charge < -0.3 is 13.7 Å². The number of rotatable bonds is 5. The minimum Gasteiger partial charge on any atom is -0.497 e. The van der Waals surface area contributed by atoms with Crippen LogP contribution in [0.3, 0.4) is 0 Å². The SMILES string of the molecule is COc1ccc(-c2csc(=Nc3ccc(F)cc3F)n2Cc2ccco2)cc1. The molecule has 0 N–H and O–H groups in total. The van der Waals surface area contributed by atoms with Gasteiger partial charge in [0.1, 0.15) is 23.0 Å². The number of furan rings is 1. The molecule has 2 aromatic heterocycles. The van der Waals surface area contributed by atoms with Gasteiger partial charge in [-0.25, -0.2) is 13.8 Å². The largest absolute Gasteiger partial charge is 0.497 e. The molecule has 0 saturated carbocycles. The van der Waals surface area contributed by atoms with Gasteiger partial charge in [-0.3, -0.25) is 0 Å². The highest BCUT2D eigenvalue weighted by molar-refractivity contribution is 7.07. The minimum atomic E-state index is -0.705. The van der Waals surface area contributed by atoms with Crippen LogP contribution in [0.1, 0.15) is 5.76 Å². The Morgan fingerprint density at radius 1 is 1.11 bits per heavy atom. The van der Waals surface area contributed by atoms with E-state index in [0.717, 1.165) is 28.8 Å². The zero-order chi connectivity index (χ0) is 19.5. The van der Waals surface area contributed by atoms with E-state index in [1.165, 1.54) is 23.5 Å². The smallest absolute Gasteiger partial charge is 0.190 e. The second-order valence-electron chi connectivity index (χ2n) is 6.01. The van der Waals surface area contributed by atoms with Crippen molar-refractivity contribution in [2.75, 3.05) is 7.11 Å². The van der Waals surface area contributed by atoms with E-state index in [1.807, 2.05) is 46.3 Å². The molecule has 4 aromatic rings. The zero-order valence-electron chi connectivity index (χ0n) is 14.9. The molecular weight excluding hydrogens is 382 g/mol. The number of methoxy groups -OCH3 is 1. The number of benzene rings is 2. The third-order valence-corrected chi connectivity index (χ3v) is 5.07. The van der Waals surface area contributed by atoms with Gasteiger partial charge in [0.15, 0.2) is 10.6 Å². The molecule has 28 heavy (non-hydrogen) atoms. The zero-order valence-corrected chi connectivity index (χ0v) is 15.7. The second kappa shape index (κ2) is 7.82. The van der Waals surface area contributed by atoms with E-state index in [2.05, 4.69) is 4.99 Å². The van der Waals surface area contributed by atoms with Crippen molar-refractivity contribution in [1.82, 2.24) is 4.57 Å². The second-order valence-corrected chi connectivity index (χ2v) is 6.84. The Morgan fingerprint density at radius 3 is 2.61 bits per heavy atom. The van der Waals surface area contributed by atoms with Crippen molar-refractivity contribution in [3.8, 4) is 17.0 Å². The maximum absolute atomic E-state index is 14.1. The van der Waals surface area contributed by atoms with Crippen LogP contribution in [0.5, 0.6) is 5.75 Å². The fraction of sp³-hybridized carbons (Fsp3) is 0.0952. The predicted octanol–water partition coefficient (Wildman–Crippen LogP) is 5.38. The third-order valence-electron chi connectivity index (χ3n) is 4.20. The number of hydrogen-bond acceptors (Lipinski definition) is 4. The summed E-state index contributed by atoms with van der Waals surface area (Å²) >= 11 is 1.37. The fourth-order valence-corrected chi connectivity index (χ4v) is 3.72. The van der Waals surface area contributed by atoms with Crippen molar-refractivity contribution in [1.29, 1.82) is 0 Å². The van der Waals surface area contributed by atoms with Crippen molar-refractivity contribution in [2.45, 2.75) is 6.54 Å². The van der Waals surface area contributed by atoms with Crippen molar-refractivity contribution in [3.05, 3.63) is 88.4 Å². The number of thiazole rings is 1. The van der Waals surface area contributed by atoms with Crippen LogP contribution >= 0.6 is 11.3 Å². The topological polar surface area (TPSA) is 39.7 Å². The quantitative estimate of drug-likeness (QED) is 0.453. The summed E-state index contributed by atoms with van der Waals surface area (Å²) in [6.45, 7) is 0.430. The number of hydrogen-bond donors (Lipinski definition) is 0. The number of aromatic nitrogens is 1. The Labute approximate surface area is 164 Å². The van der Waals surface area contributed by atoms with E-state index in [9.17, 15) is 8.78 Å². The molecule has 2 heterocycles. The predicted molar refractivity (Wildman–Crippen MR) is 104 cm³/mol. The average molecular weight is 398 g/mol. The van der Waals surface area contributed by atoms with Crippen LogP contribution in [0.15, 0.2) is 75.7 Å². The Hall–Kier alpha value is -3.19. The maximum atomic E-state index is 14.1. The number of halogens is 2. The Morgan fingerprint density at radius 2 is 1.93 bits per heavy atom. The first kappa shape index (κ1) is 18.2. The molecule has 0 aliphatic rings. The van der Waals surface area contributed by atoms with Crippen LogP contribution in [0.4, 0.5) is 14.5 Å². The van der Waals surface area contributed by atoms with E-state index >= 15 is 0 Å². The van der Waals surface area contributed by atoms with Gasteiger partial charge in [0.25, 0.3) is 0 Å². The third kappa shape index (κ3) is 3.75. The van der Waals surface area contributed by atoms with Crippen LogP contribution in [-0.4, -0.2) is 11.7 Å². The lowest BCUT2D eigenvalue weighted by Gasteiger charge is -2.08. The summed E-state index contributed by atoms with van der Waals surface area (Å²) in [6, 6.07) is 14.7. The molecule has 0 fully saturated rings. The van der Waals surface area contributed by atoms with Gasteiger partial charge in [0.05, 0.1) is 25.6 Å². The highest BCUT2D eigenvalue weighted by atomic mass is 32.1. The summed E-state index contributed by atoms with van der Waals surface area (Å²) in [5.41, 5.74) is 1.95. The molecule has 0 spiro atoms. The van der Waals surface area contributed by atoms with Crippen LogP contribution in [0.2, 0.25) is 0 Å². The molecule has 142 valence electrons. The molecule has 4 nitrogen and oxygen atoms in total. The molecule has 0 bridgehead atoms. The number of nitrogens with zero attached hydrogens (tertiary/aromatic N) is 2. The van der Waals surface area contributed by atoms with Crippen molar-refractivity contribution >= 4 is 17.0 Å². The summed E-state index contributed by atoms with van der Waals surface area (Å²) in [7, 11) is 1.62. The van der Waals surface area contributed by atoms with Gasteiger partial charge in [0, 0.05) is 11.4 Å². The lowest BCUT2D eigenvalue weighted by Crippen LogP contribution is -2.16. The number of ether oxygens (including phenoxy) is 1. The van der Waals surface area contributed by atoms with E-state index in [0.29, 0.717) is 11.3 Å². The summed E-state index contributed by atoms with van der Waals surface area (Å²) in [5, 5.41) is 1.95. The summed E-state index contributed by atoms with van der Waals surface area (Å²) in [5.74, 6) is 0.165. The van der Waals surface area contributed by atoms with Crippen LogP contribution in [-0.2, 0) is 6.54 Å². The molecule has 0 saturated heterocycles. The molecule has 0 aliphatic heterocycles. The molecule has 0 aliphatic carbocycles. The Bertz CT molecular complexity index is 1150. The molecule has 0 unspecified atom stereocenters. The first-order valence-corrected chi connectivity index (χ1v) is 9.37. The molecule has 0 radical (unpaired) electrons. The summed E-state index contributed by atoms with van der Waals surface area (Å²) in [6.07, 6.45) is 1.60. The van der Waals surface area contributed by atoms with Crippen LogP contribution in [0, 0.1) is 11.6 Å². The minimum absolute atomic E-state index is 0.0812. The van der Waals surface area contributed by atoms with Gasteiger partial charge in [-0.2, -0.15) is 0 Å². The Balaban J connectivity index is 1.84. The molecule has 0 atom stereocenters.